The van der Waals surface area contributed by atoms with Crippen molar-refractivity contribution in [3.63, 3.8) is 0 Å². The number of hydrogen-bond donors (Lipinski definition) is 2. The van der Waals surface area contributed by atoms with E-state index in [2.05, 4.69) is 24.5 Å². The lowest BCUT2D eigenvalue weighted by atomic mass is 9.89. The van der Waals surface area contributed by atoms with Crippen LogP contribution in [0, 0.1) is 0 Å². The number of amides is 3. The van der Waals surface area contributed by atoms with Gasteiger partial charge in [-0.25, -0.2) is 13.2 Å². The average molecular weight is 365 g/mol. The first-order chi connectivity index (χ1) is 11.8. The average Bonchev–Trinajstić information content (AvgIpc) is 2.87. The maximum absolute atomic E-state index is 12.8. The molecule has 25 heavy (non-hydrogen) atoms. The number of hydrogen-bond acceptors (Lipinski definition) is 4. The molecule has 1 aromatic rings. The molecule has 0 aliphatic carbocycles. The first-order valence-electron chi connectivity index (χ1n) is 8.52. The van der Waals surface area contributed by atoms with Crippen LogP contribution in [0.2, 0.25) is 0 Å². The van der Waals surface area contributed by atoms with Gasteiger partial charge in [0, 0.05) is 13.1 Å². The molecular weight excluding hydrogens is 342 g/mol. The second-order valence-electron chi connectivity index (χ2n) is 6.77. The van der Waals surface area contributed by atoms with Gasteiger partial charge in [-0.2, -0.15) is 4.31 Å². The van der Waals surface area contributed by atoms with Gasteiger partial charge >= 0.3 is 6.03 Å². The third-order valence-corrected chi connectivity index (χ3v) is 7.20. The zero-order valence-electron chi connectivity index (χ0n) is 14.4. The molecule has 136 valence electrons. The molecule has 2 heterocycles. The summed E-state index contributed by atoms with van der Waals surface area (Å²) in [6.45, 7) is 4.59. The van der Waals surface area contributed by atoms with Crippen LogP contribution >= 0.6 is 0 Å². The summed E-state index contributed by atoms with van der Waals surface area (Å²) in [5.41, 5.74) is 0.146. The van der Waals surface area contributed by atoms with Crippen LogP contribution in [0.3, 0.4) is 0 Å². The summed E-state index contributed by atoms with van der Waals surface area (Å²) in [7, 11) is -3.60. The molecule has 3 amide bonds. The van der Waals surface area contributed by atoms with Crippen LogP contribution < -0.4 is 10.6 Å². The highest BCUT2D eigenvalue weighted by Gasteiger charge is 2.49. The van der Waals surface area contributed by atoms with E-state index in [0.717, 1.165) is 12.0 Å². The Hall–Kier alpha value is -1.93. The molecule has 0 unspecified atom stereocenters. The van der Waals surface area contributed by atoms with Crippen molar-refractivity contribution < 1.29 is 18.0 Å². The number of carbonyl (C=O) groups excluding carboxylic acids is 2. The molecular formula is C17H23N3O4S. The van der Waals surface area contributed by atoms with E-state index in [-0.39, 0.29) is 36.7 Å². The second-order valence-corrected chi connectivity index (χ2v) is 8.71. The molecule has 0 radical (unpaired) electrons. The van der Waals surface area contributed by atoms with E-state index in [9.17, 15) is 18.0 Å². The lowest BCUT2D eigenvalue weighted by Gasteiger charge is -2.36. The van der Waals surface area contributed by atoms with Gasteiger partial charge in [0.25, 0.3) is 5.91 Å². The third kappa shape index (κ3) is 3.16. The van der Waals surface area contributed by atoms with Crippen LogP contribution in [0.25, 0.3) is 0 Å². The number of nitrogens with one attached hydrogen (secondary N) is 2. The summed E-state index contributed by atoms with van der Waals surface area (Å²) >= 11 is 0. The second kappa shape index (κ2) is 6.42. The minimum atomic E-state index is -3.60. The Balaban J connectivity index is 1.74. The number of nitrogens with zero attached hydrogens (tertiary/aromatic N) is 1. The molecule has 1 aromatic carbocycles. The molecule has 0 saturated carbocycles. The fourth-order valence-electron chi connectivity index (χ4n) is 3.34. The number of piperidine rings is 1. The fourth-order valence-corrected chi connectivity index (χ4v) is 4.78. The van der Waals surface area contributed by atoms with Gasteiger partial charge in [0.2, 0.25) is 10.0 Å². The molecule has 0 aromatic heterocycles. The molecule has 7 nitrogen and oxygen atoms in total. The topological polar surface area (TPSA) is 95.6 Å². The van der Waals surface area contributed by atoms with E-state index in [1.807, 2.05) is 12.1 Å². The van der Waals surface area contributed by atoms with E-state index in [0.29, 0.717) is 5.92 Å². The van der Waals surface area contributed by atoms with E-state index >= 15 is 0 Å². The van der Waals surface area contributed by atoms with Crippen molar-refractivity contribution in [2.45, 2.75) is 49.5 Å². The molecule has 2 saturated heterocycles. The van der Waals surface area contributed by atoms with Gasteiger partial charge in [-0.3, -0.25) is 10.1 Å². The van der Waals surface area contributed by atoms with Crippen LogP contribution in [-0.2, 0) is 14.8 Å². The molecule has 2 aliphatic heterocycles. The lowest BCUT2D eigenvalue weighted by Crippen LogP contribution is -2.55. The van der Waals surface area contributed by atoms with Gasteiger partial charge in [0.05, 0.1) is 4.90 Å². The SMILES string of the molecule is CC[C@@H](C)c1ccc(S(=O)(=O)N2CCC3(CC2)NC(=O)NC3=O)cc1. The maximum Gasteiger partial charge on any atom is 0.322 e. The van der Waals surface area contributed by atoms with Gasteiger partial charge in [-0.15, -0.1) is 0 Å². The minimum absolute atomic E-state index is 0.198. The Morgan fingerprint density at radius 1 is 1.16 bits per heavy atom. The van der Waals surface area contributed by atoms with Crippen LogP contribution in [0.4, 0.5) is 4.79 Å². The van der Waals surface area contributed by atoms with Gasteiger partial charge in [0.15, 0.2) is 0 Å². The van der Waals surface area contributed by atoms with Crippen LogP contribution in [0.15, 0.2) is 29.2 Å². The molecule has 2 fully saturated rings. The fraction of sp³-hybridized carbons (Fsp3) is 0.529. The standard InChI is InChI=1S/C17H23N3O4S/c1-3-12(2)13-4-6-14(7-5-13)25(23,24)20-10-8-17(9-11-20)15(21)18-16(22)19-17/h4-7,12H,3,8-11H2,1-2H3,(H2,18,19,21,22)/t12-/m1/s1. The lowest BCUT2D eigenvalue weighted by molar-refractivity contribution is -0.125. The normalized spacial score (nSPS) is 21.8. The summed E-state index contributed by atoms with van der Waals surface area (Å²) in [5.74, 6) is 0.0172. The largest absolute Gasteiger partial charge is 0.323 e. The van der Waals surface area contributed by atoms with Crippen molar-refractivity contribution in [3.8, 4) is 0 Å². The number of imide groups is 1. The van der Waals surface area contributed by atoms with Gasteiger partial charge < -0.3 is 5.32 Å². The smallest absolute Gasteiger partial charge is 0.322 e. The summed E-state index contributed by atoms with van der Waals surface area (Å²) in [5, 5.41) is 4.86. The van der Waals surface area contributed by atoms with E-state index < -0.39 is 21.6 Å². The molecule has 1 atom stereocenters. The van der Waals surface area contributed by atoms with Crippen molar-refractivity contribution >= 4 is 22.0 Å². The number of rotatable bonds is 4. The highest BCUT2D eigenvalue weighted by Crippen LogP contribution is 2.29. The van der Waals surface area contributed by atoms with Gasteiger partial charge in [-0.05, 0) is 42.9 Å². The number of sulfonamides is 1. The summed E-state index contributed by atoms with van der Waals surface area (Å²) in [4.78, 5) is 23.6. The Morgan fingerprint density at radius 2 is 1.76 bits per heavy atom. The highest BCUT2D eigenvalue weighted by molar-refractivity contribution is 7.89. The number of carbonyl (C=O) groups is 2. The van der Waals surface area contributed by atoms with E-state index in [4.69, 9.17) is 0 Å². The maximum atomic E-state index is 12.8. The first-order valence-corrected chi connectivity index (χ1v) is 9.96. The number of urea groups is 1. The molecule has 2 N–H and O–H groups in total. The van der Waals surface area contributed by atoms with Gasteiger partial charge in [0.1, 0.15) is 5.54 Å². The molecule has 2 aliphatic rings. The minimum Gasteiger partial charge on any atom is -0.323 e. The predicted octanol–water partition coefficient (Wildman–Crippen LogP) is 1.56. The monoisotopic (exact) mass is 365 g/mol. The third-order valence-electron chi connectivity index (χ3n) is 5.29. The summed E-state index contributed by atoms with van der Waals surface area (Å²) < 4.78 is 27.0. The summed E-state index contributed by atoms with van der Waals surface area (Å²) in [6.07, 6.45) is 1.54. The quantitative estimate of drug-likeness (QED) is 0.792. The molecule has 3 rings (SSSR count). The zero-order chi connectivity index (χ0) is 18.2. The van der Waals surface area contributed by atoms with Crippen molar-refractivity contribution in [1.82, 2.24) is 14.9 Å². The van der Waals surface area contributed by atoms with Gasteiger partial charge in [-0.1, -0.05) is 26.0 Å². The molecule has 8 heteroatoms. The zero-order valence-corrected chi connectivity index (χ0v) is 15.2. The molecule has 1 spiro atoms. The predicted molar refractivity (Wildman–Crippen MR) is 92.5 cm³/mol. The van der Waals surface area contributed by atoms with Crippen molar-refractivity contribution in [3.05, 3.63) is 29.8 Å². The van der Waals surface area contributed by atoms with E-state index in [1.54, 1.807) is 12.1 Å². The highest BCUT2D eigenvalue weighted by atomic mass is 32.2. The van der Waals surface area contributed by atoms with E-state index in [1.165, 1.54) is 4.31 Å². The summed E-state index contributed by atoms with van der Waals surface area (Å²) in [6, 6.07) is 6.49. The first kappa shape index (κ1) is 17.9. The van der Waals surface area contributed by atoms with Crippen molar-refractivity contribution in [2.24, 2.45) is 0 Å². The van der Waals surface area contributed by atoms with Crippen LogP contribution in [0.5, 0.6) is 0 Å². The Morgan fingerprint density at radius 3 is 2.24 bits per heavy atom. The Labute approximate surface area is 147 Å². The van der Waals surface area contributed by atoms with Crippen LogP contribution in [-0.4, -0.2) is 43.3 Å². The van der Waals surface area contributed by atoms with Crippen LogP contribution in [0.1, 0.15) is 44.6 Å². The number of benzene rings is 1. The molecule has 0 bridgehead atoms. The Bertz CT molecular complexity index is 781. The Kier molecular flexibility index (Phi) is 4.59. The van der Waals surface area contributed by atoms with Crippen molar-refractivity contribution in [2.75, 3.05) is 13.1 Å². The van der Waals surface area contributed by atoms with Crippen molar-refractivity contribution in [1.29, 1.82) is 0 Å².